The van der Waals surface area contributed by atoms with Crippen molar-refractivity contribution in [1.82, 2.24) is 5.43 Å². The summed E-state index contributed by atoms with van der Waals surface area (Å²) in [5.74, 6) is -1.33. The molecule has 0 atom stereocenters. The van der Waals surface area contributed by atoms with Gasteiger partial charge in [0.15, 0.2) is 0 Å². The molecule has 2 rings (SSSR count). The molecular formula is C16H15FN4O5S. The predicted octanol–water partition coefficient (Wildman–Crippen LogP) is 1.65. The number of hydrogen-bond donors (Lipinski definition) is 1. The number of sulfonamides is 1. The van der Waals surface area contributed by atoms with E-state index in [2.05, 4.69) is 10.5 Å². The summed E-state index contributed by atoms with van der Waals surface area (Å²) < 4.78 is 37.6. The molecule has 9 nitrogen and oxygen atoms in total. The second kappa shape index (κ2) is 8.36. The number of hydrogen-bond acceptors (Lipinski definition) is 6. The van der Waals surface area contributed by atoms with E-state index in [0.29, 0.717) is 0 Å². The normalized spacial score (nSPS) is 11.3. The average molecular weight is 394 g/mol. The Bertz CT molecular complexity index is 977. The Kier molecular flexibility index (Phi) is 6.19. The molecule has 27 heavy (non-hydrogen) atoms. The fraction of sp³-hybridized carbons (Fsp3) is 0.125. The zero-order chi connectivity index (χ0) is 20.0. The number of nitrogens with zero attached hydrogens (tertiary/aromatic N) is 3. The molecule has 0 aliphatic carbocycles. The van der Waals surface area contributed by atoms with Crippen molar-refractivity contribution in [3.63, 3.8) is 0 Å². The number of para-hydroxylation sites is 1. The van der Waals surface area contributed by atoms with Crippen LogP contribution in [0.1, 0.15) is 5.56 Å². The topological polar surface area (TPSA) is 122 Å². The first-order chi connectivity index (χ1) is 12.7. The number of carbonyl (C=O) groups is 1. The number of nitro benzene ring substituents is 1. The van der Waals surface area contributed by atoms with Crippen molar-refractivity contribution in [1.29, 1.82) is 0 Å². The highest BCUT2D eigenvalue weighted by Crippen LogP contribution is 2.18. The quantitative estimate of drug-likeness (QED) is 0.435. The number of nitrogens with one attached hydrogen (secondary N) is 1. The van der Waals surface area contributed by atoms with Crippen LogP contribution >= 0.6 is 0 Å². The van der Waals surface area contributed by atoms with Crippen LogP contribution in [0.5, 0.6) is 0 Å². The van der Waals surface area contributed by atoms with E-state index in [9.17, 15) is 27.7 Å². The van der Waals surface area contributed by atoms with Crippen LogP contribution in [0.2, 0.25) is 0 Å². The number of amides is 1. The van der Waals surface area contributed by atoms with Crippen molar-refractivity contribution in [2.75, 3.05) is 17.1 Å². The smallest absolute Gasteiger partial charge is 0.271 e. The van der Waals surface area contributed by atoms with E-state index < -0.39 is 33.2 Å². The fourth-order valence-corrected chi connectivity index (χ4v) is 2.97. The molecule has 0 aliphatic rings. The summed E-state index contributed by atoms with van der Waals surface area (Å²) in [5.41, 5.74) is 2.19. The Morgan fingerprint density at radius 2 is 1.89 bits per heavy atom. The summed E-state index contributed by atoms with van der Waals surface area (Å²) in [6.07, 6.45) is 1.99. The van der Waals surface area contributed by atoms with E-state index in [1.807, 2.05) is 0 Å². The molecule has 0 spiro atoms. The van der Waals surface area contributed by atoms with Crippen LogP contribution < -0.4 is 9.73 Å². The molecule has 1 N–H and O–H groups in total. The van der Waals surface area contributed by atoms with Crippen LogP contribution in [0.25, 0.3) is 0 Å². The molecule has 142 valence electrons. The van der Waals surface area contributed by atoms with Crippen molar-refractivity contribution in [2.45, 2.75) is 0 Å². The van der Waals surface area contributed by atoms with Crippen molar-refractivity contribution in [2.24, 2.45) is 5.10 Å². The molecule has 1 amide bonds. The minimum atomic E-state index is -3.81. The van der Waals surface area contributed by atoms with Crippen molar-refractivity contribution in [3.8, 4) is 0 Å². The van der Waals surface area contributed by atoms with Gasteiger partial charge in [-0.3, -0.25) is 19.2 Å². The Hall–Kier alpha value is -3.34. The Morgan fingerprint density at radius 3 is 2.48 bits per heavy atom. The summed E-state index contributed by atoms with van der Waals surface area (Å²) in [6.45, 7) is -0.599. The molecule has 2 aromatic carbocycles. The lowest BCUT2D eigenvalue weighted by Gasteiger charge is -2.21. The standard InChI is InChI=1S/C16H15FN4O5S/c1-27(25,26)20(14-8-6-13(17)7-9-14)11-16(22)19-18-10-12-4-2-3-5-15(12)21(23)24/h2-10H,11H2,1H3,(H,19,22)/b18-10-. The molecule has 0 saturated carbocycles. The van der Waals surface area contributed by atoms with Gasteiger partial charge in [-0.1, -0.05) is 12.1 Å². The van der Waals surface area contributed by atoms with Gasteiger partial charge in [0.1, 0.15) is 12.4 Å². The number of benzene rings is 2. The third-order valence-electron chi connectivity index (χ3n) is 3.33. The van der Waals surface area contributed by atoms with Crippen LogP contribution in [0.3, 0.4) is 0 Å². The van der Waals surface area contributed by atoms with Gasteiger partial charge >= 0.3 is 0 Å². The Morgan fingerprint density at radius 1 is 1.26 bits per heavy atom. The third-order valence-corrected chi connectivity index (χ3v) is 4.47. The Labute approximate surface area is 154 Å². The molecule has 0 aromatic heterocycles. The van der Waals surface area contributed by atoms with Crippen molar-refractivity contribution < 1.29 is 22.5 Å². The minimum absolute atomic E-state index is 0.108. The summed E-state index contributed by atoms with van der Waals surface area (Å²) in [6, 6.07) is 10.4. The first-order valence-electron chi connectivity index (χ1n) is 7.47. The molecule has 2 aromatic rings. The lowest BCUT2D eigenvalue weighted by atomic mass is 10.2. The number of halogens is 1. The van der Waals surface area contributed by atoms with Crippen molar-refractivity contribution in [3.05, 3.63) is 70.0 Å². The minimum Gasteiger partial charge on any atom is -0.271 e. The molecule has 0 radical (unpaired) electrons. The summed E-state index contributed by atoms with van der Waals surface area (Å²) in [4.78, 5) is 22.3. The van der Waals surface area contributed by atoms with E-state index in [0.717, 1.165) is 28.9 Å². The predicted molar refractivity (Wildman–Crippen MR) is 97.4 cm³/mol. The third kappa shape index (κ3) is 5.57. The van der Waals surface area contributed by atoms with E-state index in [4.69, 9.17) is 0 Å². The average Bonchev–Trinajstić information content (AvgIpc) is 2.60. The van der Waals surface area contributed by atoms with E-state index in [1.54, 1.807) is 6.07 Å². The maximum absolute atomic E-state index is 13.0. The highest BCUT2D eigenvalue weighted by atomic mass is 32.2. The maximum Gasteiger partial charge on any atom is 0.278 e. The van der Waals surface area contributed by atoms with Gasteiger partial charge in [-0.25, -0.2) is 18.2 Å². The summed E-state index contributed by atoms with van der Waals surface area (Å²) >= 11 is 0. The van der Waals surface area contributed by atoms with Crippen LogP contribution in [-0.2, 0) is 14.8 Å². The molecule has 0 heterocycles. The number of carbonyl (C=O) groups excluding carboxylic acids is 1. The van der Waals surface area contributed by atoms with Gasteiger partial charge in [0.25, 0.3) is 11.6 Å². The summed E-state index contributed by atoms with van der Waals surface area (Å²) in [5, 5.41) is 14.5. The Balaban J connectivity index is 2.11. The second-order valence-corrected chi connectivity index (χ2v) is 7.26. The second-order valence-electron chi connectivity index (χ2n) is 5.36. The van der Waals surface area contributed by atoms with Crippen molar-refractivity contribution >= 4 is 33.5 Å². The van der Waals surface area contributed by atoms with Gasteiger partial charge in [0.2, 0.25) is 10.0 Å². The number of hydrazone groups is 1. The molecule has 0 unspecified atom stereocenters. The maximum atomic E-state index is 13.0. The van der Waals surface area contributed by atoms with Gasteiger partial charge in [0, 0.05) is 6.07 Å². The molecule has 0 aliphatic heterocycles. The van der Waals surface area contributed by atoms with Crippen LogP contribution in [0.4, 0.5) is 15.8 Å². The van der Waals surface area contributed by atoms with Crippen LogP contribution in [-0.4, -0.2) is 38.3 Å². The summed E-state index contributed by atoms with van der Waals surface area (Å²) in [7, 11) is -3.81. The lowest BCUT2D eigenvalue weighted by Crippen LogP contribution is -2.39. The van der Waals surface area contributed by atoms with E-state index in [-0.39, 0.29) is 16.9 Å². The first-order valence-corrected chi connectivity index (χ1v) is 9.32. The molecule has 11 heteroatoms. The van der Waals surface area contributed by atoms with E-state index >= 15 is 0 Å². The SMILES string of the molecule is CS(=O)(=O)N(CC(=O)N/N=C\c1ccccc1[N+](=O)[O-])c1ccc(F)cc1. The number of nitro groups is 1. The van der Waals surface area contributed by atoms with Crippen LogP contribution in [0.15, 0.2) is 53.6 Å². The van der Waals surface area contributed by atoms with Gasteiger partial charge in [0.05, 0.1) is 28.6 Å². The van der Waals surface area contributed by atoms with E-state index in [1.165, 1.54) is 30.3 Å². The van der Waals surface area contributed by atoms with Gasteiger partial charge < -0.3 is 0 Å². The van der Waals surface area contributed by atoms with Gasteiger partial charge in [-0.05, 0) is 30.3 Å². The lowest BCUT2D eigenvalue weighted by molar-refractivity contribution is -0.385. The molecular weight excluding hydrogens is 379 g/mol. The highest BCUT2D eigenvalue weighted by molar-refractivity contribution is 7.92. The van der Waals surface area contributed by atoms with Gasteiger partial charge in [-0.2, -0.15) is 5.10 Å². The zero-order valence-corrected chi connectivity index (χ0v) is 14.9. The zero-order valence-electron chi connectivity index (χ0n) is 14.1. The highest BCUT2D eigenvalue weighted by Gasteiger charge is 2.20. The molecule has 0 bridgehead atoms. The van der Waals surface area contributed by atoms with Crippen LogP contribution in [0, 0.1) is 15.9 Å². The first kappa shape index (κ1) is 20.0. The largest absolute Gasteiger partial charge is 0.278 e. The molecule has 0 fully saturated rings. The van der Waals surface area contributed by atoms with Gasteiger partial charge in [-0.15, -0.1) is 0 Å². The molecule has 0 saturated heterocycles. The monoisotopic (exact) mass is 394 g/mol. The number of rotatable bonds is 7. The fourth-order valence-electron chi connectivity index (χ4n) is 2.11. The number of anilines is 1.